The zero-order valence-electron chi connectivity index (χ0n) is 12.9. The lowest BCUT2D eigenvalue weighted by Gasteiger charge is -2.13. The Bertz CT molecular complexity index is 817. The first kappa shape index (κ1) is 14.7. The molecule has 4 heteroatoms. The van der Waals surface area contributed by atoms with E-state index in [2.05, 4.69) is 53.0 Å². The molecule has 3 rings (SSSR count). The van der Waals surface area contributed by atoms with Crippen molar-refractivity contribution in [3.63, 3.8) is 0 Å². The molecule has 3 aromatic rings. The van der Waals surface area contributed by atoms with Crippen molar-refractivity contribution >= 4 is 34.0 Å². The minimum absolute atomic E-state index is 0.794. The summed E-state index contributed by atoms with van der Waals surface area (Å²) in [4.78, 5) is 5.85. The van der Waals surface area contributed by atoms with Crippen molar-refractivity contribution in [1.82, 2.24) is 4.98 Å². The summed E-state index contributed by atoms with van der Waals surface area (Å²) in [6.45, 7) is 2.00. The average Bonchev–Trinajstić information content (AvgIpc) is 2.54. The van der Waals surface area contributed by atoms with Crippen LogP contribution in [0.15, 0.2) is 53.4 Å². The van der Waals surface area contributed by atoms with Crippen molar-refractivity contribution in [1.29, 1.82) is 0 Å². The molecular formula is C18H18N2OS. The molecule has 0 saturated heterocycles. The molecule has 0 aliphatic rings. The van der Waals surface area contributed by atoms with E-state index in [4.69, 9.17) is 4.74 Å². The van der Waals surface area contributed by atoms with Crippen molar-refractivity contribution in [3.05, 3.63) is 54.2 Å². The molecule has 0 aliphatic carbocycles. The van der Waals surface area contributed by atoms with Gasteiger partial charge in [0.1, 0.15) is 11.3 Å². The lowest BCUT2D eigenvalue weighted by molar-refractivity contribution is 0.419. The van der Waals surface area contributed by atoms with E-state index < -0.39 is 0 Å². The highest BCUT2D eigenvalue weighted by molar-refractivity contribution is 7.98. The van der Waals surface area contributed by atoms with Gasteiger partial charge in [-0.3, -0.25) is 0 Å². The maximum Gasteiger partial charge on any atom is 0.145 e. The molecule has 0 unspecified atom stereocenters. The number of nitrogens with zero attached hydrogens (tertiary/aromatic N) is 1. The van der Waals surface area contributed by atoms with Gasteiger partial charge in [-0.2, -0.15) is 0 Å². The second-order valence-corrected chi connectivity index (χ2v) is 5.90. The SMILES string of the molecule is COc1cccc2c(Nc3cccc(SC)c3)cc(C)nc12. The van der Waals surface area contributed by atoms with Gasteiger partial charge in [0.05, 0.1) is 7.11 Å². The van der Waals surface area contributed by atoms with Gasteiger partial charge in [0.25, 0.3) is 0 Å². The Morgan fingerprint density at radius 2 is 1.91 bits per heavy atom. The first-order chi connectivity index (χ1) is 10.7. The summed E-state index contributed by atoms with van der Waals surface area (Å²) < 4.78 is 5.43. The molecule has 2 aromatic carbocycles. The van der Waals surface area contributed by atoms with Gasteiger partial charge in [-0.05, 0) is 43.5 Å². The van der Waals surface area contributed by atoms with Crippen LogP contribution in [0.4, 0.5) is 11.4 Å². The summed E-state index contributed by atoms with van der Waals surface area (Å²) in [5, 5.41) is 4.56. The molecule has 0 atom stereocenters. The third-order valence-corrected chi connectivity index (χ3v) is 4.22. The number of nitrogens with one attached hydrogen (secondary N) is 1. The van der Waals surface area contributed by atoms with Crippen LogP contribution >= 0.6 is 11.8 Å². The van der Waals surface area contributed by atoms with E-state index in [-0.39, 0.29) is 0 Å². The number of benzene rings is 2. The summed E-state index contributed by atoms with van der Waals surface area (Å²) in [6, 6.07) is 16.4. The summed E-state index contributed by atoms with van der Waals surface area (Å²) in [5.41, 5.74) is 3.95. The predicted octanol–water partition coefficient (Wildman–Crippen LogP) is 5.02. The van der Waals surface area contributed by atoms with Crippen molar-refractivity contribution in [2.45, 2.75) is 11.8 Å². The number of thioether (sulfide) groups is 1. The molecule has 3 nitrogen and oxygen atoms in total. The van der Waals surface area contributed by atoms with Gasteiger partial charge in [0.2, 0.25) is 0 Å². The molecule has 1 heterocycles. The molecule has 112 valence electrons. The van der Waals surface area contributed by atoms with E-state index in [0.717, 1.165) is 33.7 Å². The van der Waals surface area contributed by atoms with E-state index in [9.17, 15) is 0 Å². The summed E-state index contributed by atoms with van der Waals surface area (Å²) >= 11 is 1.73. The standard InChI is InChI=1S/C18H18N2OS/c1-12-10-16(20-13-6-4-7-14(11-13)22-3)15-8-5-9-17(21-2)18(15)19-12/h4-11H,1-3H3,(H,19,20). The molecular weight excluding hydrogens is 292 g/mol. The quantitative estimate of drug-likeness (QED) is 0.686. The van der Waals surface area contributed by atoms with E-state index in [1.165, 1.54) is 4.90 Å². The van der Waals surface area contributed by atoms with E-state index >= 15 is 0 Å². The Labute approximate surface area is 134 Å². The number of hydrogen-bond donors (Lipinski definition) is 1. The second-order valence-electron chi connectivity index (χ2n) is 5.02. The molecule has 1 aromatic heterocycles. The van der Waals surface area contributed by atoms with Gasteiger partial charge in [0, 0.05) is 27.4 Å². The molecule has 0 spiro atoms. The van der Waals surface area contributed by atoms with Crippen molar-refractivity contribution < 1.29 is 4.74 Å². The minimum Gasteiger partial charge on any atom is -0.494 e. The number of aryl methyl sites for hydroxylation is 1. The predicted molar refractivity (Wildman–Crippen MR) is 94.5 cm³/mol. The van der Waals surface area contributed by atoms with Crippen LogP contribution in [0.25, 0.3) is 10.9 Å². The largest absolute Gasteiger partial charge is 0.494 e. The number of methoxy groups -OCH3 is 1. The molecule has 0 radical (unpaired) electrons. The molecule has 0 saturated carbocycles. The van der Waals surface area contributed by atoms with Gasteiger partial charge in [0.15, 0.2) is 0 Å². The lowest BCUT2D eigenvalue weighted by atomic mass is 10.1. The molecule has 1 N–H and O–H groups in total. The highest BCUT2D eigenvalue weighted by Crippen LogP contribution is 2.32. The van der Waals surface area contributed by atoms with E-state index in [1.54, 1.807) is 18.9 Å². The van der Waals surface area contributed by atoms with Gasteiger partial charge in [-0.1, -0.05) is 18.2 Å². The first-order valence-electron chi connectivity index (χ1n) is 7.06. The fraction of sp³-hybridized carbons (Fsp3) is 0.167. The normalized spacial score (nSPS) is 10.7. The van der Waals surface area contributed by atoms with Crippen LogP contribution < -0.4 is 10.1 Å². The topological polar surface area (TPSA) is 34.1 Å². The second kappa shape index (κ2) is 6.28. The number of anilines is 2. The van der Waals surface area contributed by atoms with Crippen LogP contribution in [0.2, 0.25) is 0 Å². The number of pyridine rings is 1. The number of aromatic nitrogens is 1. The number of fused-ring (bicyclic) bond motifs is 1. The third kappa shape index (κ3) is 2.88. The number of para-hydroxylation sites is 1. The highest BCUT2D eigenvalue weighted by Gasteiger charge is 2.09. The van der Waals surface area contributed by atoms with Gasteiger partial charge in [-0.25, -0.2) is 4.98 Å². The summed E-state index contributed by atoms with van der Waals surface area (Å²) in [5.74, 6) is 0.794. The Morgan fingerprint density at radius 1 is 1.09 bits per heavy atom. The monoisotopic (exact) mass is 310 g/mol. The lowest BCUT2D eigenvalue weighted by Crippen LogP contribution is -1.96. The van der Waals surface area contributed by atoms with Crippen LogP contribution in [0.5, 0.6) is 5.75 Å². The molecule has 0 aliphatic heterocycles. The van der Waals surface area contributed by atoms with Crippen LogP contribution in [0, 0.1) is 6.92 Å². The smallest absolute Gasteiger partial charge is 0.145 e. The molecule has 22 heavy (non-hydrogen) atoms. The first-order valence-corrected chi connectivity index (χ1v) is 8.29. The average molecular weight is 310 g/mol. The Kier molecular flexibility index (Phi) is 4.20. The Hall–Kier alpha value is -2.20. The van der Waals surface area contributed by atoms with Crippen LogP contribution in [0.3, 0.4) is 0 Å². The fourth-order valence-electron chi connectivity index (χ4n) is 2.47. The maximum atomic E-state index is 5.43. The van der Waals surface area contributed by atoms with Crippen molar-refractivity contribution in [2.75, 3.05) is 18.7 Å². The molecule has 0 amide bonds. The van der Waals surface area contributed by atoms with E-state index in [1.807, 2.05) is 19.1 Å². The summed E-state index contributed by atoms with van der Waals surface area (Å²) in [7, 11) is 1.67. The van der Waals surface area contributed by atoms with Crippen molar-refractivity contribution in [2.24, 2.45) is 0 Å². The zero-order valence-corrected chi connectivity index (χ0v) is 13.7. The summed E-state index contributed by atoms with van der Waals surface area (Å²) in [6.07, 6.45) is 2.08. The van der Waals surface area contributed by atoms with Crippen LogP contribution in [0.1, 0.15) is 5.69 Å². The van der Waals surface area contributed by atoms with Gasteiger partial charge in [-0.15, -0.1) is 11.8 Å². The third-order valence-electron chi connectivity index (χ3n) is 3.50. The number of ether oxygens (including phenoxy) is 1. The fourth-order valence-corrected chi connectivity index (χ4v) is 2.93. The van der Waals surface area contributed by atoms with Gasteiger partial charge < -0.3 is 10.1 Å². The van der Waals surface area contributed by atoms with Gasteiger partial charge >= 0.3 is 0 Å². The van der Waals surface area contributed by atoms with Crippen molar-refractivity contribution in [3.8, 4) is 5.75 Å². The highest BCUT2D eigenvalue weighted by atomic mass is 32.2. The minimum atomic E-state index is 0.794. The maximum absolute atomic E-state index is 5.43. The van der Waals surface area contributed by atoms with E-state index in [0.29, 0.717) is 0 Å². The zero-order chi connectivity index (χ0) is 15.5. The molecule has 0 fully saturated rings. The number of hydrogen-bond acceptors (Lipinski definition) is 4. The van der Waals surface area contributed by atoms with Crippen LogP contribution in [-0.2, 0) is 0 Å². The number of rotatable bonds is 4. The van der Waals surface area contributed by atoms with Crippen LogP contribution in [-0.4, -0.2) is 18.3 Å². The Morgan fingerprint density at radius 3 is 2.68 bits per heavy atom. The molecule has 0 bridgehead atoms. The Balaban J connectivity index is 2.10.